The van der Waals surface area contributed by atoms with Crippen LogP contribution in [0.25, 0.3) is 11.1 Å². The number of rotatable bonds is 5. The van der Waals surface area contributed by atoms with Gasteiger partial charge < -0.3 is 4.74 Å². The zero-order valence-electron chi connectivity index (χ0n) is 14.5. The fourth-order valence-corrected chi connectivity index (χ4v) is 3.60. The lowest BCUT2D eigenvalue weighted by atomic mass is 10.0. The molecular formula is C21H19Cl2FO2. The van der Waals surface area contributed by atoms with E-state index >= 15 is 0 Å². The number of esters is 1. The van der Waals surface area contributed by atoms with Gasteiger partial charge in [-0.3, -0.25) is 4.79 Å². The molecule has 0 unspecified atom stereocenters. The third kappa shape index (κ3) is 4.11. The maximum atomic E-state index is 13.4. The van der Waals surface area contributed by atoms with Crippen molar-refractivity contribution in [3.8, 4) is 11.1 Å². The van der Waals surface area contributed by atoms with Crippen LogP contribution >= 0.6 is 23.2 Å². The molecule has 0 radical (unpaired) electrons. The summed E-state index contributed by atoms with van der Waals surface area (Å²) in [5.41, 5.74) is 2.29. The van der Waals surface area contributed by atoms with Crippen molar-refractivity contribution in [1.82, 2.24) is 0 Å². The number of halogens is 3. The summed E-state index contributed by atoms with van der Waals surface area (Å²) in [6, 6.07) is 13.9. The Hall–Kier alpha value is -1.84. The lowest BCUT2D eigenvalue weighted by Crippen LogP contribution is -2.10. The second-order valence-corrected chi connectivity index (χ2v) is 8.11. The fraction of sp³-hybridized carbons (Fsp3) is 0.286. The molecule has 1 aliphatic rings. The Morgan fingerprint density at radius 2 is 1.81 bits per heavy atom. The molecule has 5 heteroatoms. The minimum absolute atomic E-state index is 0.0152. The maximum absolute atomic E-state index is 13.4. The molecule has 2 atom stereocenters. The summed E-state index contributed by atoms with van der Waals surface area (Å²) < 4.78 is 19.1. The SMILES string of the molecule is CC1(C)[C@@H](C=C(Cl)Cl)[C@@H]1C(=O)OCc1cccc(-c2cccc(F)c2)c1. The number of hydrogen-bond donors (Lipinski definition) is 0. The van der Waals surface area contributed by atoms with E-state index in [9.17, 15) is 9.18 Å². The Bertz CT molecular complexity index is 857. The molecule has 3 rings (SSSR count). The first kappa shape index (κ1) is 18.9. The van der Waals surface area contributed by atoms with Gasteiger partial charge in [-0.2, -0.15) is 0 Å². The lowest BCUT2D eigenvalue weighted by Gasteiger charge is -2.08. The molecule has 1 fully saturated rings. The van der Waals surface area contributed by atoms with Gasteiger partial charge in [-0.15, -0.1) is 0 Å². The van der Waals surface area contributed by atoms with E-state index in [4.69, 9.17) is 27.9 Å². The Balaban J connectivity index is 1.66. The quantitative estimate of drug-likeness (QED) is 0.572. The van der Waals surface area contributed by atoms with E-state index in [2.05, 4.69) is 0 Å². The normalized spacial score (nSPS) is 20.3. The molecule has 0 bridgehead atoms. The highest BCUT2D eigenvalue weighted by Gasteiger charge is 2.61. The van der Waals surface area contributed by atoms with Crippen molar-refractivity contribution >= 4 is 29.2 Å². The van der Waals surface area contributed by atoms with Crippen LogP contribution in [-0.2, 0) is 16.1 Å². The van der Waals surface area contributed by atoms with Gasteiger partial charge in [0.05, 0.1) is 5.92 Å². The third-order valence-corrected chi connectivity index (χ3v) is 5.19. The molecule has 1 saturated carbocycles. The average molecular weight is 393 g/mol. The minimum atomic E-state index is -0.285. The highest BCUT2D eigenvalue weighted by molar-refractivity contribution is 6.55. The number of benzene rings is 2. The molecule has 0 saturated heterocycles. The standard InChI is InChI=1S/C21H19Cl2FO2/c1-21(2)17(11-18(22)23)19(21)20(25)26-12-13-5-3-6-14(9-13)15-7-4-8-16(24)10-15/h3-11,17,19H,12H2,1-2H3/t17-,19+/m0/s1. The van der Waals surface area contributed by atoms with Crippen molar-refractivity contribution in [2.75, 3.05) is 0 Å². The van der Waals surface area contributed by atoms with Gasteiger partial charge in [0.1, 0.15) is 16.9 Å². The predicted octanol–water partition coefficient (Wildman–Crippen LogP) is 6.13. The Labute approximate surface area is 162 Å². The van der Waals surface area contributed by atoms with Gasteiger partial charge in [0.25, 0.3) is 0 Å². The summed E-state index contributed by atoms with van der Waals surface area (Å²) in [6.45, 7) is 4.14. The smallest absolute Gasteiger partial charge is 0.310 e. The van der Waals surface area contributed by atoms with Crippen LogP contribution in [-0.4, -0.2) is 5.97 Å². The van der Waals surface area contributed by atoms with Crippen LogP contribution in [0.3, 0.4) is 0 Å². The topological polar surface area (TPSA) is 26.3 Å². The van der Waals surface area contributed by atoms with Gasteiger partial charge >= 0.3 is 5.97 Å². The van der Waals surface area contributed by atoms with Crippen LogP contribution in [0, 0.1) is 23.1 Å². The predicted molar refractivity (Wildman–Crippen MR) is 102 cm³/mol. The van der Waals surface area contributed by atoms with Crippen molar-refractivity contribution in [1.29, 1.82) is 0 Å². The van der Waals surface area contributed by atoms with E-state index in [1.54, 1.807) is 12.1 Å². The van der Waals surface area contributed by atoms with E-state index in [1.807, 2.05) is 44.2 Å². The zero-order valence-corrected chi connectivity index (χ0v) is 16.0. The average Bonchev–Trinajstić information content (AvgIpc) is 3.12. The molecular weight excluding hydrogens is 374 g/mol. The van der Waals surface area contributed by atoms with Crippen molar-refractivity contribution in [2.45, 2.75) is 20.5 Å². The Morgan fingerprint density at radius 3 is 2.46 bits per heavy atom. The molecule has 0 heterocycles. The summed E-state index contributed by atoms with van der Waals surface area (Å²) >= 11 is 11.4. The van der Waals surface area contributed by atoms with Crippen LogP contribution in [0.15, 0.2) is 59.1 Å². The van der Waals surface area contributed by atoms with Crippen LogP contribution in [0.1, 0.15) is 19.4 Å². The number of allylic oxidation sites excluding steroid dienone is 1. The molecule has 1 aliphatic carbocycles. The molecule has 0 spiro atoms. The lowest BCUT2D eigenvalue weighted by molar-refractivity contribution is -0.147. The van der Waals surface area contributed by atoms with Crippen molar-refractivity contribution in [3.63, 3.8) is 0 Å². The fourth-order valence-electron chi connectivity index (χ4n) is 3.33. The minimum Gasteiger partial charge on any atom is -0.461 e. The van der Waals surface area contributed by atoms with Crippen LogP contribution in [0.2, 0.25) is 0 Å². The Morgan fingerprint density at radius 1 is 1.15 bits per heavy atom. The highest BCUT2D eigenvalue weighted by atomic mass is 35.5. The van der Waals surface area contributed by atoms with Crippen LogP contribution < -0.4 is 0 Å². The first-order chi connectivity index (χ1) is 12.3. The van der Waals surface area contributed by atoms with E-state index in [1.165, 1.54) is 12.1 Å². The summed E-state index contributed by atoms with van der Waals surface area (Å²) in [4.78, 5) is 12.4. The van der Waals surface area contributed by atoms with Crippen molar-refractivity contribution in [2.24, 2.45) is 17.3 Å². The molecule has 26 heavy (non-hydrogen) atoms. The summed E-state index contributed by atoms with van der Waals surface area (Å²) in [7, 11) is 0. The zero-order chi connectivity index (χ0) is 18.9. The van der Waals surface area contributed by atoms with Gasteiger partial charge in [0.2, 0.25) is 0 Å². The van der Waals surface area contributed by atoms with E-state index in [0.717, 1.165) is 16.7 Å². The number of ether oxygens (including phenoxy) is 1. The second-order valence-electron chi connectivity index (χ2n) is 7.10. The second kappa shape index (κ2) is 7.42. The van der Waals surface area contributed by atoms with Crippen LogP contribution in [0.4, 0.5) is 4.39 Å². The highest BCUT2D eigenvalue weighted by Crippen LogP contribution is 2.60. The van der Waals surface area contributed by atoms with Gasteiger partial charge in [-0.25, -0.2) is 4.39 Å². The summed E-state index contributed by atoms with van der Waals surface area (Å²) in [5, 5.41) is 0. The molecule has 0 amide bonds. The largest absolute Gasteiger partial charge is 0.461 e. The first-order valence-corrected chi connectivity index (χ1v) is 9.09. The van der Waals surface area contributed by atoms with Crippen molar-refractivity contribution in [3.05, 3.63) is 70.5 Å². The van der Waals surface area contributed by atoms with E-state index in [0.29, 0.717) is 0 Å². The number of carbonyl (C=O) groups excluding carboxylic acids is 1. The van der Waals surface area contributed by atoms with Gasteiger partial charge in [0, 0.05) is 0 Å². The van der Waals surface area contributed by atoms with Crippen molar-refractivity contribution < 1.29 is 13.9 Å². The molecule has 0 aliphatic heterocycles. The van der Waals surface area contributed by atoms with E-state index in [-0.39, 0.29) is 40.1 Å². The summed E-state index contributed by atoms with van der Waals surface area (Å²) in [6.07, 6.45) is 1.69. The monoisotopic (exact) mass is 392 g/mol. The number of hydrogen-bond acceptors (Lipinski definition) is 2. The number of carbonyl (C=O) groups is 1. The Kier molecular flexibility index (Phi) is 5.40. The van der Waals surface area contributed by atoms with E-state index < -0.39 is 0 Å². The van der Waals surface area contributed by atoms with Crippen LogP contribution in [0.5, 0.6) is 0 Å². The van der Waals surface area contributed by atoms with Gasteiger partial charge in [-0.1, -0.05) is 67.4 Å². The molecule has 0 aromatic heterocycles. The van der Waals surface area contributed by atoms with Gasteiger partial charge in [0.15, 0.2) is 0 Å². The summed E-state index contributed by atoms with van der Waals surface area (Å²) in [5.74, 6) is -0.811. The third-order valence-electron chi connectivity index (χ3n) is 4.94. The molecule has 2 aromatic carbocycles. The molecule has 2 aromatic rings. The maximum Gasteiger partial charge on any atom is 0.310 e. The van der Waals surface area contributed by atoms with Gasteiger partial charge in [-0.05, 0) is 52.3 Å². The first-order valence-electron chi connectivity index (χ1n) is 8.33. The molecule has 0 N–H and O–H groups in total. The molecule has 136 valence electrons. The molecule has 2 nitrogen and oxygen atoms in total.